The third-order valence-corrected chi connectivity index (χ3v) is 11.8. The maximum absolute atomic E-state index is 2.47. The molecule has 11 rings (SSSR count). The second-order valence-electron chi connectivity index (χ2n) is 15.3. The summed E-state index contributed by atoms with van der Waals surface area (Å²) in [6.07, 6.45) is 0. The van der Waals surface area contributed by atoms with Gasteiger partial charge in [0, 0.05) is 22.0 Å². The molecule has 0 saturated heterocycles. The highest BCUT2D eigenvalue weighted by atomic mass is 15.2. The Hall–Kier alpha value is -7.94. The van der Waals surface area contributed by atoms with E-state index in [1.165, 1.54) is 60.4 Å². The number of fused-ring (bicyclic) bond motifs is 4. The van der Waals surface area contributed by atoms with Crippen molar-refractivity contribution in [2.45, 2.75) is 0 Å². The molecule has 0 fully saturated rings. The maximum Gasteiger partial charge on any atom is 0.0702 e. The van der Waals surface area contributed by atoms with Gasteiger partial charge in [0.1, 0.15) is 0 Å². The molecule has 10 aromatic carbocycles. The van der Waals surface area contributed by atoms with E-state index in [1.54, 1.807) is 0 Å². The van der Waals surface area contributed by atoms with E-state index in [9.17, 15) is 0 Å². The van der Waals surface area contributed by atoms with Crippen LogP contribution in [0.1, 0.15) is 0 Å². The zero-order valence-corrected chi connectivity index (χ0v) is 33.0. The molecule has 0 spiro atoms. The Morgan fingerprint density at radius 1 is 0.283 bits per heavy atom. The van der Waals surface area contributed by atoms with Crippen LogP contribution in [0.3, 0.4) is 0 Å². The van der Waals surface area contributed by atoms with Gasteiger partial charge >= 0.3 is 0 Å². The van der Waals surface area contributed by atoms with Crippen molar-refractivity contribution in [3.63, 3.8) is 0 Å². The Kier molecular flexibility index (Phi) is 8.87. The van der Waals surface area contributed by atoms with Gasteiger partial charge < -0.3 is 9.47 Å². The predicted octanol–water partition coefficient (Wildman–Crippen LogP) is 16.1. The van der Waals surface area contributed by atoms with Crippen molar-refractivity contribution in [2.75, 3.05) is 4.90 Å². The lowest BCUT2D eigenvalue weighted by molar-refractivity contribution is 1.15. The van der Waals surface area contributed by atoms with E-state index in [1.807, 2.05) is 0 Å². The van der Waals surface area contributed by atoms with E-state index in [0.717, 1.165) is 39.4 Å². The molecule has 0 unspecified atom stereocenters. The van der Waals surface area contributed by atoms with Crippen LogP contribution in [-0.4, -0.2) is 4.57 Å². The van der Waals surface area contributed by atoms with Crippen LogP contribution in [0.25, 0.3) is 82.8 Å². The van der Waals surface area contributed by atoms with Crippen molar-refractivity contribution in [1.82, 2.24) is 4.57 Å². The molecule has 0 N–H and O–H groups in total. The molecule has 0 bridgehead atoms. The Balaban J connectivity index is 1.13. The first-order chi connectivity index (χ1) is 29.8. The first-order valence-electron chi connectivity index (χ1n) is 20.6. The lowest BCUT2D eigenvalue weighted by Crippen LogP contribution is -2.14. The second kappa shape index (κ2) is 15.1. The van der Waals surface area contributed by atoms with Gasteiger partial charge in [0.25, 0.3) is 0 Å². The quantitative estimate of drug-likeness (QED) is 0.150. The van der Waals surface area contributed by atoms with E-state index < -0.39 is 0 Å². The number of anilines is 3. The summed E-state index contributed by atoms with van der Waals surface area (Å²) < 4.78 is 2.44. The Morgan fingerprint density at radius 3 is 1.42 bits per heavy atom. The average molecular weight is 765 g/mol. The third kappa shape index (κ3) is 6.32. The third-order valence-electron chi connectivity index (χ3n) is 11.8. The van der Waals surface area contributed by atoms with Crippen molar-refractivity contribution in [3.8, 4) is 50.2 Å². The zero-order valence-electron chi connectivity index (χ0n) is 33.0. The predicted molar refractivity (Wildman–Crippen MR) is 255 cm³/mol. The van der Waals surface area contributed by atoms with Crippen molar-refractivity contribution in [3.05, 3.63) is 243 Å². The van der Waals surface area contributed by atoms with Crippen molar-refractivity contribution in [1.29, 1.82) is 0 Å². The fourth-order valence-electron chi connectivity index (χ4n) is 8.85. The summed E-state index contributed by atoms with van der Waals surface area (Å²) in [7, 11) is 0. The van der Waals surface area contributed by atoms with Crippen LogP contribution in [0.5, 0.6) is 0 Å². The topological polar surface area (TPSA) is 8.17 Å². The molecule has 1 heterocycles. The highest BCUT2D eigenvalue weighted by Crippen LogP contribution is 2.46. The molecule has 0 aliphatic carbocycles. The Morgan fingerprint density at radius 2 is 0.750 bits per heavy atom. The van der Waals surface area contributed by atoms with Gasteiger partial charge in [-0.1, -0.05) is 194 Å². The molecule has 0 saturated carbocycles. The van der Waals surface area contributed by atoms with E-state index >= 15 is 0 Å². The van der Waals surface area contributed by atoms with Gasteiger partial charge in [0.15, 0.2) is 0 Å². The summed E-state index contributed by atoms with van der Waals surface area (Å²) in [6.45, 7) is 0. The molecule has 11 aromatic rings. The lowest BCUT2D eigenvalue weighted by atomic mass is 9.95. The summed E-state index contributed by atoms with van der Waals surface area (Å²) in [4.78, 5) is 2.47. The van der Waals surface area contributed by atoms with Crippen LogP contribution in [-0.2, 0) is 0 Å². The Labute approximate surface area is 350 Å². The Bertz CT molecular complexity index is 3240. The highest BCUT2D eigenvalue weighted by molar-refractivity contribution is 6.10. The highest BCUT2D eigenvalue weighted by Gasteiger charge is 2.23. The molecule has 0 radical (unpaired) electrons. The van der Waals surface area contributed by atoms with Crippen LogP contribution in [0, 0.1) is 0 Å². The van der Waals surface area contributed by atoms with Crippen LogP contribution in [0.15, 0.2) is 243 Å². The molecule has 2 nitrogen and oxygen atoms in total. The second-order valence-corrected chi connectivity index (χ2v) is 15.3. The summed E-state index contributed by atoms with van der Waals surface area (Å²) in [6, 6.07) is 88.0. The van der Waals surface area contributed by atoms with Crippen LogP contribution in [0.2, 0.25) is 0 Å². The number of hydrogen-bond donors (Lipinski definition) is 0. The average Bonchev–Trinajstić information content (AvgIpc) is 3.67. The van der Waals surface area contributed by atoms with Gasteiger partial charge in [-0.3, -0.25) is 0 Å². The summed E-state index contributed by atoms with van der Waals surface area (Å²) in [5.74, 6) is 0. The first kappa shape index (κ1) is 35.2. The van der Waals surface area contributed by atoms with E-state index in [2.05, 4.69) is 252 Å². The van der Waals surface area contributed by atoms with E-state index in [0.29, 0.717) is 0 Å². The standard InChI is InChI=1S/C58H40N2/c1-3-15-41(16-4-1)43-27-29-44(30-28-43)45-33-36-50(37-34-45)59(56-25-13-14-26-57(56)60-54-23-11-9-21-52(54)53-22-10-12-24-55(53)60)58-40-49(35-38-51(58)46-18-5-2-6-19-46)48-32-31-42-17-7-8-20-47(42)39-48/h1-40H. The molecular formula is C58H40N2. The summed E-state index contributed by atoms with van der Waals surface area (Å²) in [5.41, 5.74) is 16.1. The number of nitrogens with zero attached hydrogens (tertiary/aromatic N) is 2. The zero-order chi connectivity index (χ0) is 39.8. The summed E-state index contributed by atoms with van der Waals surface area (Å²) in [5, 5.41) is 4.93. The van der Waals surface area contributed by atoms with Crippen molar-refractivity contribution < 1.29 is 0 Å². The van der Waals surface area contributed by atoms with E-state index in [-0.39, 0.29) is 0 Å². The molecule has 1 aromatic heterocycles. The maximum atomic E-state index is 2.47. The normalized spacial score (nSPS) is 11.3. The monoisotopic (exact) mass is 764 g/mol. The fraction of sp³-hybridized carbons (Fsp3) is 0. The smallest absolute Gasteiger partial charge is 0.0702 e. The molecule has 2 heteroatoms. The lowest BCUT2D eigenvalue weighted by Gasteiger charge is -2.31. The minimum Gasteiger partial charge on any atom is -0.308 e. The van der Waals surface area contributed by atoms with Crippen molar-refractivity contribution >= 4 is 49.6 Å². The molecule has 0 atom stereocenters. The van der Waals surface area contributed by atoms with Crippen LogP contribution in [0.4, 0.5) is 17.1 Å². The van der Waals surface area contributed by atoms with Gasteiger partial charge in [-0.15, -0.1) is 0 Å². The summed E-state index contributed by atoms with van der Waals surface area (Å²) >= 11 is 0. The minimum absolute atomic E-state index is 1.07. The molecule has 60 heavy (non-hydrogen) atoms. The molecular weight excluding hydrogens is 725 g/mol. The molecule has 0 aliphatic heterocycles. The number of benzene rings is 10. The molecule has 282 valence electrons. The number of aromatic nitrogens is 1. The van der Waals surface area contributed by atoms with Gasteiger partial charge in [0.05, 0.1) is 28.1 Å². The molecule has 0 amide bonds. The minimum atomic E-state index is 1.07. The van der Waals surface area contributed by atoms with Gasteiger partial charge in [-0.05, 0) is 98.2 Å². The van der Waals surface area contributed by atoms with E-state index in [4.69, 9.17) is 0 Å². The largest absolute Gasteiger partial charge is 0.308 e. The van der Waals surface area contributed by atoms with Crippen LogP contribution >= 0.6 is 0 Å². The fourth-order valence-corrected chi connectivity index (χ4v) is 8.85. The first-order valence-corrected chi connectivity index (χ1v) is 20.6. The SMILES string of the molecule is c1ccc(-c2ccc(-c3ccc(N(c4cc(-c5ccc6ccccc6c5)ccc4-c4ccccc4)c4ccccc4-n4c5ccccc5c5ccccc54)cc3)cc2)cc1. The number of para-hydroxylation sites is 4. The number of rotatable bonds is 8. The van der Waals surface area contributed by atoms with Gasteiger partial charge in [0.2, 0.25) is 0 Å². The van der Waals surface area contributed by atoms with Crippen LogP contribution < -0.4 is 4.90 Å². The van der Waals surface area contributed by atoms with Crippen molar-refractivity contribution in [2.24, 2.45) is 0 Å². The molecule has 0 aliphatic rings. The van der Waals surface area contributed by atoms with Gasteiger partial charge in [-0.2, -0.15) is 0 Å². The number of hydrogen-bond acceptors (Lipinski definition) is 1. The van der Waals surface area contributed by atoms with Gasteiger partial charge in [-0.25, -0.2) is 0 Å².